The summed E-state index contributed by atoms with van der Waals surface area (Å²) in [5.41, 5.74) is 3.11. The van der Waals surface area contributed by atoms with Gasteiger partial charge in [0.2, 0.25) is 0 Å². The number of rotatable bonds is 5. The maximum absolute atomic E-state index is 13.0. The van der Waals surface area contributed by atoms with Crippen LogP contribution in [-0.2, 0) is 11.3 Å². The molecule has 1 N–H and O–H groups in total. The van der Waals surface area contributed by atoms with Gasteiger partial charge >= 0.3 is 5.97 Å². The number of ether oxygens (including phenoxy) is 3. The molecule has 0 aromatic heterocycles. The number of hydrogen-bond donors (Lipinski definition) is 1. The first kappa shape index (κ1) is 24.7. The van der Waals surface area contributed by atoms with Gasteiger partial charge in [-0.15, -0.1) is 0 Å². The molecule has 1 aliphatic rings. The summed E-state index contributed by atoms with van der Waals surface area (Å²) >= 11 is 0. The van der Waals surface area contributed by atoms with Gasteiger partial charge in [-0.3, -0.25) is 0 Å². The van der Waals surface area contributed by atoms with Crippen LogP contribution in [0.1, 0.15) is 86.2 Å². The first-order chi connectivity index (χ1) is 15.6. The van der Waals surface area contributed by atoms with Crippen LogP contribution >= 0.6 is 0 Å². The fourth-order valence-corrected chi connectivity index (χ4v) is 3.73. The number of hydrogen-bond acceptors (Lipinski definition) is 5. The quantitative estimate of drug-likeness (QED) is 0.426. The minimum atomic E-state index is -0.767. The number of carbonyl (C=O) groups excluding carboxylic acids is 1. The molecule has 1 heterocycles. The van der Waals surface area contributed by atoms with Crippen molar-refractivity contribution >= 4 is 5.97 Å². The molecule has 1 atom stereocenters. The highest BCUT2D eigenvalue weighted by Crippen LogP contribution is 2.42. The largest absolute Gasteiger partial charge is 0.495 e. The Kier molecular flexibility index (Phi) is 7.39. The SMILES string of the molecule is CCC(C)(C)C#Cc1cc(C)cc2c1Oc1ccc(C(O)CC(C)C)c(OC)c1C(=O)OC2. The fourth-order valence-electron chi connectivity index (χ4n) is 3.73. The number of methoxy groups -OCH3 is 1. The second kappa shape index (κ2) is 9.89. The fraction of sp³-hybridized carbons (Fsp3) is 0.464. The van der Waals surface area contributed by atoms with Crippen molar-refractivity contribution in [1.29, 1.82) is 0 Å². The number of benzene rings is 2. The molecule has 176 valence electrons. The third kappa shape index (κ3) is 5.51. The molecule has 5 heteroatoms. The van der Waals surface area contributed by atoms with Gasteiger partial charge in [-0.25, -0.2) is 4.79 Å². The number of aliphatic hydroxyl groups excluding tert-OH is 1. The van der Waals surface area contributed by atoms with Gasteiger partial charge < -0.3 is 19.3 Å². The zero-order valence-electron chi connectivity index (χ0n) is 20.7. The Morgan fingerprint density at radius 1 is 1.24 bits per heavy atom. The van der Waals surface area contributed by atoms with Gasteiger partial charge in [0, 0.05) is 16.5 Å². The van der Waals surface area contributed by atoms with Crippen molar-refractivity contribution in [3.63, 3.8) is 0 Å². The second-order valence-corrected chi connectivity index (χ2v) is 9.67. The van der Waals surface area contributed by atoms with Crippen LogP contribution in [0.2, 0.25) is 0 Å². The van der Waals surface area contributed by atoms with E-state index >= 15 is 0 Å². The van der Waals surface area contributed by atoms with E-state index in [1.165, 1.54) is 7.11 Å². The Bertz CT molecular complexity index is 1100. The van der Waals surface area contributed by atoms with Crippen LogP contribution < -0.4 is 9.47 Å². The van der Waals surface area contributed by atoms with E-state index < -0.39 is 12.1 Å². The van der Waals surface area contributed by atoms with Gasteiger partial charge in [-0.1, -0.05) is 32.6 Å². The average molecular weight is 451 g/mol. The molecule has 2 aromatic rings. The third-order valence-corrected chi connectivity index (χ3v) is 5.91. The molecule has 2 aromatic carbocycles. The molecular weight excluding hydrogens is 416 g/mol. The van der Waals surface area contributed by atoms with Crippen LogP contribution in [0.25, 0.3) is 0 Å². The van der Waals surface area contributed by atoms with Gasteiger partial charge in [0.05, 0.1) is 18.8 Å². The average Bonchev–Trinajstić information content (AvgIpc) is 2.75. The highest BCUT2D eigenvalue weighted by molar-refractivity contribution is 5.96. The van der Waals surface area contributed by atoms with Crippen LogP contribution in [0.15, 0.2) is 24.3 Å². The molecule has 0 saturated carbocycles. The number of aryl methyl sites for hydroxylation is 1. The molecule has 0 saturated heterocycles. The van der Waals surface area contributed by atoms with E-state index in [1.807, 2.05) is 32.9 Å². The predicted octanol–water partition coefficient (Wildman–Crippen LogP) is 6.33. The summed E-state index contributed by atoms with van der Waals surface area (Å²) < 4.78 is 17.6. The Morgan fingerprint density at radius 2 is 1.97 bits per heavy atom. The summed E-state index contributed by atoms with van der Waals surface area (Å²) in [5, 5.41) is 10.7. The van der Waals surface area contributed by atoms with Crippen molar-refractivity contribution in [2.75, 3.05) is 7.11 Å². The lowest BCUT2D eigenvalue weighted by molar-refractivity contribution is 0.0454. The number of esters is 1. The maximum Gasteiger partial charge on any atom is 0.346 e. The Balaban J connectivity index is 2.16. The predicted molar refractivity (Wildman–Crippen MR) is 129 cm³/mol. The molecule has 0 bridgehead atoms. The molecule has 1 aliphatic heterocycles. The van der Waals surface area contributed by atoms with Gasteiger partial charge in [0.25, 0.3) is 0 Å². The molecule has 0 aliphatic carbocycles. The van der Waals surface area contributed by atoms with Crippen molar-refractivity contribution in [3.8, 4) is 29.1 Å². The lowest BCUT2D eigenvalue weighted by Crippen LogP contribution is -2.15. The molecule has 5 nitrogen and oxygen atoms in total. The van der Waals surface area contributed by atoms with E-state index in [0.717, 1.165) is 23.1 Å². The third-order valence-electron chi connectivity index (χ3n) is 5.91. The van der Waals surface area contributed by atoms with Crippen molar-refractivity contribution in [2.45, 2.75) is 67.1 Å². The lowest BCUT2D eigenvalue weighted by Gasteiger charge is -2.24. The lowest BCUT2D eigenvalue weighted by atomic mass is 9.90. The van der Waals surface area contributed by atoms with Crippen molar-refractivity contribution in [3.05, 3.63) is 52.1 Å². The van der Waals surface area contributed by atoms with Gasteiger partial charge in [-0.05, 0) is 69.4 Å². The Hall–Kier alpha value is -2.97. The van der Waals surface area contributed by atoms with Crippen molar-refractivity contribution in [1.82, 2.24) is 0 Å². The summed E-state index contributed by atoms with van der Waals surface area (Å²) in [4.78, 5) is 13.0. The zero-order valence-corrected chi connectivity index (χ0v) is 20.7. The van der Waals surface area contributed by atoms with E-state index in [0.29, 0.717) is 23.5 Å². The van der Waals surface area contributed by atoms with Crippen LogP contribution in [0.3, 0.4) is 0 Å². The zero-order chi connectivity index (χ0) is 24.3. The van der Waals surface area contributed by atoms with Crippen LogP contribution in [-0.4, -0.2) is 18.2 Å². The number of fused-ring (bicyclic) bond motifs is 2. The first-order valence-corrected chi connectivity index (χ1v) is 11.5. The summed E-state index contributed by atoms with van der Waals surface area (Å²) in [6.07, 6.45) is 0.699. The summed E-state index contributed by atoms with van der Waals surface area (Å²) in [7, 11) is 1.48. The molecule has 3 rings (SSSR count). The molecular formula is C28H34O5. The summed E-state index contributed by atoms with van der Waals surface area (Å²) in [6, 6.07) is 7.37. The monoisotopic (exact) mass is 450 g/mol. The highest BCUT2D eigenvalue weighted by Gasteiger charge is 2.29. The molecule has 0 fully saturated rings. The number of cyclic esters (lactones) is 1. The Labute approximate surface area is 197 Å². The summed E-state index contributed by atoms with van der Waals surface area (Å²) in [5.74, 6) is 7.53. The normalized spacial score (nSPS) is 14.0. The van der Waals surface area contributed by atoms with Gasteiger partial charge in [0.1, 0.15) is 29.4 Å². The smallest absolute Gasteiger partial charge is 0.346 e. The van der Waals surface area contributed by atoms with E-state index in [9.17, 15) is 9.90 Å². The molecule has 0 spiro atoms. The molecule has 1 unspecified atom stereocenters. The molecule has 0 radical (unpaired) electrons. The minimum Gasteiger partial charge on any atom is -0.495 e. The highest BCUT2D eigenvalue weighted by atomic mass is 16.5. The number of carbonyl (C=O) groups is 1. The van der Waals surface area contributed by atoms with E-state index in [1.54, 1.807) is 12.1 Å². The first-order valence-electron chi connectivity index (χ1n) is 11.5. The van der Waals surface area contributed by atoms with E-state index in [2.05, 4.69) is 32.6 Å². The Morgan fingerprint density at radius 3 is 2.61 bits per heavy atom. The van der Waals surface area contributed by atoms with E-state index in [4.69, 9.17) is 14.2 Å². The number of aliphatic hydroxyl groups is 1. The van der Waals surface area contributed by atoms with Crippen LogP contribution in [0.5, 0.6) is 17.2 Å². The van der Waals surface area contributed by atoms with Crippen molar-refractivity contribution in [2.24, 2.45) is 11.3 Å². The second-order valence-electron chi connectivity index (χ2n) is 9.67. The minimum absolute atomic E-state index is 0.0586. The van der Waals surface area contributed by atoms with Crippen molar-refractivity contribution < 1.29 is 24.1 Å². The topological polar surface area (TPSA) is 65.0 Å². The van der Waals surface area contributed by atoms with E-state index in [-0.39, 0.29) is 29.3 Å². The molecule has 33 heavy (non-hydrogen) atoms. The standard InChI is InChI=1S/C28H34O5/c1-8-28(5,6)12-11-19-14-18(4)15-20-16-32-27(30)24-23(33-25(19)20)10-9-21(26(24)31-7)22(29)13-17(2)3/h9-10,14-15,17,22,29H,8,13,16H2,1-7H3. The molecule has 0 amide bonds. The van der Waals surface area contributed by atoms with Crippen LogP contribution in [0.4, 0.5) is 0 Å². The summed E-state index contributed by atoms with van der Waals surface area (Å²) in [6.45, 7) is 12.4. The van der Waals surface area contributed by atoms with Crippen LogP contribution in [0, 0.1) is 30.1 Å². The maximum atomic E-state index is 13.0. The van der Waals surface area contributed by atoms with Gasteiger partial charge in [-0.2, -0.15) is 0 Å². The van der Waals surface area contributed by atoms with Gasteiger partial charge in [0.15, 0.2) is 0 Å².